The lowest BCUT2D eigenvalue weighted by Crippen LogP contribution is -2.46. The molecule has 1 N–H and O–H groups in total. The van der Waals surface area contributed by atoms with Crippen LogP contribution in [0.25, 0.3) is 0 Å². The molecule has 0 amide bonds. The van der Waals surface area contributed by atoms with Crippen molar-refractivity contribution in [1.29, 1.82) is 0 Å². The van der Waals surface area contributed by atoms with Crippen molar-refractivity contribution in [3.05, 3.63) is 56.1 Å². The van der Waals surface area contributed by atoms with Crippen molar-refractivity contribution in [2.45, 2.75) is 6.54 Å². The van der Waals surface area contributed by atoms with Crippen molar-refractivity contribution in [2.24, 2.45) is 0 Å². The fourth-order valence-corrected chi connectivity index (χ4v) is 2.47. The average molecular weight is 290 g/mol. The van der Waals surface area contributed by atoms with E-state index in [1.54, 1.807) is 12.1 Å². The van der Waals surface area contributed by atoms with Gasteiger partial charge in [-0.25, -0.2) is 4.39 Å². The summed E-state index contributed by atoms with van der Waals surface area (Å²) >= 11 is 0. The molecular weight excluding hydrogens is 275 g/mol. The van der Waals surface area contributed by atoms with Crippen LogP contribution in [-0.4, -0.2) is 26.3 Å². The minimum atomic E-state index is -0.507. The second-order valence-electron chi connectivity index (χ2n) is 4.96. The van der Waals surface area contributed by atoms with Crippen molar-refractivity contribution in [2.75, 3.05) is 36.5 Å². The van der Waals surface area contributed by atoms with Gasteiger partial charge in [-0.1, -0.05) is 12.1 Å². The number of anilines is 2. The summed E-state index contributed by atoms with van der Waals surface area (Å²) in [6.45, 7) is 2.59. The molecule has 0 aliphatic carbocycles. The number of halogens is 1. The minimum absolute atomic E-state index is 0.306. The van der Waals surface area contributed by atoms with E-state index in [4.69, 9.17) is 4.74 Å². The molecule has 0 bridgehead atoms. The molecule has 1 aliphatic rings. The van der Waals surface area contributed by atoms with Crippen molar-refractivity contribution in [3.63, 3.8) is 0 Å². The van der Waals surface area contributed by atoms with Gasteiger partial charge in [-0.05, 0) is 17.7 Å². The first-order chi connectivity index (χ1) is 10.2. The van der Waals surface area contributed by atoms with Crippen LogP contribution in [0.1, 0.15) is 5.56 Å². The number of hydrogen-bond donors (Lipinski definition) is 1. The molecule has 0 aromatic heterocycles. The van der Waals surface area contributed by atoms with E-state index in [2.05, 4.69) is 5.32 Å². The molecule has 1 saturated heterocycles. The normalized spacial score (nSPS) is 15.4. The Morgan fingerprint density at radius 2 is 1.95 bits per heavy atom. The Hall–Kier alpha value is -2.21. The highest BCUT2D eigenvalue weighted by Crippen LogP contribution is 2.21. The van der Waals surface area contributed by atoms with Gasteiger partial charge in [-0.3, -0.25) is 9.59 Å². The lowest BCUT2D eigenvalue weighted by molar-refractivity contribution is 0.122. The average Bonchev–Trinajstić information content (AvgIpc) is 2.51. The van der Waals surface area contributed by atoms with Crippen LogP contribution in [0.5, 0.6) is 0 Å². The Morgan fingerprint density at radius 1 is 1.19 bits per heavy atom. The molecule has 1 aliphatic heterocycles. The number of hydrogen-bond acceptors (Lipinski definition) is 5. The number of morpholine rings is 1. The summed E-state index contributed by atoms with van der Waals surface area (Å²) < 4.78 is 18.3. The third kappa shape index (κ3) is 2.67. The molecule has 0 saturated carbocycles. The van der Waals surface area contributed by atoms with E-state index < -0.39 is 10.9 Å². The van der Waals surface area contributed by atoms with Crippen LogP contribution in [0.2, 0.25) is 0 Å². The van der Waals surface area contributed by atoms with Crippen LogP contribution in [0.15, 0.2) is 33.9 Å². The first-order valence-electron chi connectivity index (χ1n) is 6.81. The second-order valence-corrected chi connectivity index (χ2v) is 4.96. The van der Waals surface area contributed by atoms with Crippen LogP contribution in [0, 0.1) is 5.82 Å². The maximum absolute atomic E-state index is 13.1. The quantitative estimate of drug-likeness (QED) is 0.847. The smallest absolute Gasteiger partial charge is 0.253 e. The fourth-order valence-electron chi connectivity index (χ4n) is 2.47. The van der Waals surface area contributed by atoms with Crippen molar-refractivity contribution in [1.82, 2.24) is 0 Å². The lowest BCUT2D eigenvalue weighted by atomic mass is 10.1. The monoisotopic (exact) mass is 290 g/mol. The molecule has 0 radical (unpaired) electrons. The third-order valence-electron chi connectivity index (χ3n) is 3.57. The molecule has 1 heterocycles. The van der Waals surface area contributed by atoms with Gasteiger partial charge in [0.25, 0.3) is 10.9 Å². The Kier molecular flexibility index (Phi) is 3.70. The van der Waals surface area contributed by atoms with Crippen molar-refractivity contribution < 1.29 is 9.13 Å². The summed E-state index contributed by atoms with van der Waals surface area (Å²) in [5, 5.41) is 2.95. The van der Waals surface area contributed by atoms with Crippen molar-refractivity contribution in [3.8, 4) is 0 Å². The zero-order valence-electron chi connectivity index (χ0n) is 11.4. The second kappa shape index (κ2) is 5.65. The largest absolute Gasteiger partial charge is 0.378 e. The van der Waals surface area contributed by atoms with Gasteiger partial charge < -0.3 is 15.0 Å². The van der Waals surface area contributed by atoms with E-state index in [-0.39, 0.29) is 5.82 Å². The predicted molar refractivity (Wildman–Crippen MR) is 78.1 cm³/mol. The van der Waals surface area contributed by atoms with E-state index >= 15 is 0 Å². The van der Waals surface area contributed by atoms with Crippen LogP contribution in [-0.2, 0) is 11.3 Å². The molecular formula is C15H15FN2O3. The lowest BCUT2D eigenvalue weighted by Gasteiger charge is -2.30. The molecule has 5 nitrogen and oxygen atoms in total. The highest BCUT2D eigenvalue weighted by atomic mass is 19.1. The minimum Gasteiger partial charge on any atom is -0.378 e. The Morgan fingerprint density at radius 3 is 2.67 bits per heavy atom. The van der Waals surface area contributed by atoms with Crippen LogP contribution in [0.3, 0.4) is 0 Å². The van der Waals surface area contributed by atoms with Gasteiger partial charge in [0, 0.05) is 19.6 Å². The zero-order valence-corrected chi connectivity index (χ0v) is 11.4. The van der Waals surface area contributed by atoms with Gasteiger partial charge >= 0.3 is 0 Å². The van der Waals surface area contributed by atoms with E-state index in [9.17, 15) is 14.0 Å². The maximum Gasteiger partial charge on any atom is 0.253 e. The Bertz CT molecular complexity index is 716. The molecule has 1 fully saturated rings. The highest BCUT2D eigenvalue weighted by Gasteiger charge is 2.26. The van der Waals surface area contributed by atoms with Gasteiger partial charge in [0.15, 0.2) is 0 Å². The van der Waals surface area contributed by atoms with E-state index in [0.29, 0.717) is 44.2 Å². The summed E-state index contributed by atoms with van der Waals surface area (Å²) in [5.74, 6) is -0.326. The fraction of sp³-hybridized carbons (Fsp3) is 0.333. The SMILES string of the molecule is O=c1c(NCc2cccc(F)c2)c(N2CCOCC2)c1=O. The summed E-state index contributed by atoms with van der Waals surface area (Å²) in [5.41, 5.74) is 0.508. The molecule has 0 atom stereocenters. The predicted octanol–water partition coefficient (Wildman–Crippen LogP) is 0.870. The number of ether oxygens (including phenoxy) is 1. The number of rotatable bonds is 4. The van der Waals surface area contributed by atoms with Gasteiger partial charge in [0.1, 0.15) is 17.2 Å². The summed E-state index contributed by atoms with van der Waals surface area (Å²) in [6.07, 6.45) is 0. The zero-order chi connectivity index (χ0) is 14.8. The van der Waals surface area contributed by atoms with Gasteiger partial charge in [-0.15, -0.1) is 0 Å². The Balaban J connectivity index is 1.75. The van der Waals surface area contributed by atoms with Crippen molar-refractivity contribution >= 4 is 11.4 Å². The molecule has 2 aromatic rings. The number of nitrogens with one attached hydrogen (secondary N) is 1. The van der Waals surface area contributed by atoms with Crippen LogP contribution >= 0.6 is 0 Å². The van der Waals surface area contributed by atoms with Crippen LogP contribution in [0.4, 0.5) is 15.8 Å². The molecule has 110 valence electrons. The van der Waals surface area contributed by atoms with Gasteiger partial charge in [-0.2, -0.15) is 0 Å². The molecule has 3 rings (SSSR count). The van der Waals surface area contributed by atoms with E-state index in [1.165, 1.54) is 12.1 Å². The molecule has 0 unspecified atom stereocenters. The Labute approximate surface area is 120 Å². The highest BCUT2D eigenvalue weighted by molar-refractivity contribution is 5.75. The third-order valence-corrected chi connectivity index (χ3v) is 3.57. The summed E-state index contributed by atoms with van der Waals surface area (Å²) in [6, 6.07) is 6.13. The van der Waals surface area contributed by atoms with Crippen LogP contribution < -0.4 is 21.1 Å². The molecule has 0 spiro atoms. The maximum atomic E-state index is 13.1. The first kappa shape index (κ1) is 13.8. The molecule has 6 heteroatoms. The summed E-state index contributed by atoms with van der Waals surface area (Å²) in [4.78, 5) is 25.3. The standard InChI is InChI=1S/C15H15FN2O3/c16-11-3-1-2-10(8-11)9-17-12-13(15(20)14(12)19)18-4-6-21-7-5-18/h1-3,8,17H,4-7,9H2. The molecule has 21 heavy (non-hydrogen) atoms. The number of benzene rings is 1. The number of nitrogens with zero attached hydrogens (tertiary/aromatic N) is 1. The van der Waals surface area contributed by atoms with E-state index in [0.717, 1.165) is 5.56 Å². The van der Waals surface area contributed by atoms with Gasteiger partial charge in [0.2, 0.25) is 0 Å². The van der Waals surface area contributed by atoms with E-state index in [1.807, 2.05) is 4.90 Å². The van der Waals surface area contributed by atoms with Gasteiger partial charge in [0.05, 0.1) is 13.2 Å². The topological polar surface area (TPSA) is 58.6 Å². The first-order valence-corrected chi connectivity index (χ1v) is 6.81. The summed E-state index contributed by atoms with van der Waals surface area (Å²) in [7, 11) is 0. The molecule has 2 aromatic carbocycles.